The fourth-order valence-corrected chi connectivity index (χ4v) is 3.50. The van der Waals surface area contributed by atoms with Gasteiger partial charge in [-0.3, -0.25) is 4.79 Å². The van der Waals surface area contributed by atoms with E-state index in [-0.39, 0.29) is 12.5 Å². The largest absolute Gasteiger partial charge is 0.497 e. The quantitative estimate of drug-likeness (QED) is 0.656. The van der Waals surface area contributed by atoms with E-state index < -0.39 is 0 Å². The second kappa shape index (κ2) is 10.6. The second-order valence-electron chi connectivity index (χ2n) is 7.07. The zero-order chi connectivity index (χ0) is 19.6. The van der Waals surface area contributed by atoms with Gasteiger partial charge in [0, 0.05) is 0 Å². The summed E-state index contributed by atoms with van der Waals surface area (Å²) < 4.78 is 16.3. The van der Waals surface area contributed by atoms with Gasteiger partial charge in [-0.2, -0.15) is 0 Å². The van der Waals surface area contributed by atoms with Crippen molar-refractivity contribution in [3.8, 4) is 17.2 Å². The van der Waals surface area contributed by atoms with Crippen molar-refractivity contribution in [2.75, 3.05) is 26.9 Å². The summed E-state index contributed by atoms with van der Waals surface area (Å²) >= 11 is 0. The Morgan fingerprint density at radius 1 is 0.893 bits per heavy atom. The zero-order valence-corrected chi connectivity index (χ0v) is 16.5. The number of carbonyl (C=O) groups excluding carboxylic acids is 1. The van der Waals surface area contributed by atoms with Gasteiger partial charge in [0.25, 0.3) is 5.91 Å². The Morgan fingerprint density at radius 2 is 1.50 bits per heavy atom. The van der Waals surface area contributed by atoms with Crippen LogP contribution in [0.2, 0.25) is 0 Å². The van der Waals surface area contributed by atoms with Gasteiger partial charge in [-0.1, -0.05) is 31.4 Å². The molecule has 0 spiro atoms. The summed E-state index contributed by atoms with van der Waals surface area (Å²) in [5, 5.41) is 2.80. The molecule has 0 aliphatic heterocycles. The summed E-state index contributed by atoms with van der Waals surface area (Å²) in [6.07, 6.45) is 6.57. The van der Waals surface area contributed by atoms with Crippen molar-refractivity contribution >= 4 is 5.91 Å². The Balaban J connectivity index is 1.32. The van der Waals surface area contributed by atoms with Gasteiger partial charge in [-0.05, 0) is 60.7 Å². The number of hydrogen-bond donors (Lipinski definition) is 1. The maximum Gasteiger partial charge on any atom is 0.258 e. The van der Waals surface area contributed by atoms with Crippen molar-refractivity contribution in [1.29, 1.82) is 0 Å². The molecule has 1 aliphatic carbocycles. The molecule has 0 saturated heterocycles. The van der Waals surface area contributed by atoms with Gasteiger partial charge in [0.1, 0.15) is 23.9 Å². The van der Waals surface area contributed by atoms with Crippen molar-refractivity contribution < 1.29 is 19.0 Å². The molecule has 5 heteroatoms. The Labute approximate surface area is 167 Å². The van der Waals surface area contributed by atoms with Gasteiger partial charge in [0.05, 0.1) is 13.7 Å². The molecule has 1 N–H and O–H groups in total. The van der Waals surface area contributed by atoms with E-state index in [1.54, 1.807) is 7.11 Å². The number of benzene rings is 2. The van der Waals surface area contributed by atoms with Gasteiger partial charge >= 0.3 is 0 Å². The summed E-state index contributed by atoms with van der Waals surface area (Å²) in [5.74, 6) is 2.77. The van der Waals surface area contributed by atoms with Crippen molar-refractivity contribution in [3.05, 3.63) is 54.1 Å². The maximum absolute atomic E-state index is 11.9. The monoisotopic (exact) mass is 383 g/mol. The highest BCUT2D eigenvalue weighted by Gasteiger charge is 2.15. The fraction of sp³-hybridized carbons (Fsp3) is 0.435. The van der Waals surface area contributed by atoms with E-state index in [4.69, 9.17) is 14.2 Å². The maximum atomic E-state index is 11.9. The van der Waals surface area contributed by atoms with Crippen LogP contribution in [0.4, 0.5) is 0 Å². The van der Waals surface area contributed by atoms with E-state index in [1.807, 2.05) is 36.4 Å². The molecule has 2 aromatic carbocycles. The third kappa shape index (κ3) is 6.19. The average Bonchev–Trinajstić information content (AvgIpc) is 2.76. The van der Waals surface area contributed by atoms with E-state index >= 15 is 0 Å². The Hall–Kier alpha value is -2.69. The van der Waals surface area contributed by atoms with Crippen LogP contribution in [0.25, 0.3) is 0 Å². The molecule has 1 saturated carbocycles. The topological polar surface area (TPSA) is 56.8 Å². The minimum Gasteiger partial charge on any atom is -0.497 e. The zero-order valence-electron chi connectivity index (χ0n) is 16.5. The summed E-state index contributed by atoms with van der Waals surface area (Å²) in [5.41, 5.74) is 1.38. The van der Waals surface area contributed by atoms with Crippen LogP contribution in [0.1, 0.15) is 43.6 Å². The van der Waals surface area contributed by atoms with Gasteiger partial charge in [0.2, 0.25) is 0 Å². The van der Waals surface area contributed by atoms with Gasteiger partial charge < -0.3 is 19.5 Å². The van der Waals surface area contributed by atoms with E-state index in [2.05, 4.69) is 17.4 Å². The van der Waals surface area contributed by atoms with Gasteiger partial charge in [-0.15, -0.1) is 0 Å². The molecular weight excluding hydrogens is 354 g/mol. The lowest BCUT2D eigenvalue weighted by molar-refractivity contribution is -0.123. The van der Waals surface area contributed by atoms with Crippen LogP contribution in [0, 0.1) is 0 Å². The van der Waals surface area contributed by atoms with Gasteiger partial charge in [-0.25, -0.2) is 0 Å². The molecule has 0 atom stereocenters. The molecule has 5 nitrogen and oxygen atoms in total. The van der Waals surface area contributed by atoms with Crippen LogP contribution in [0.5, 0.6) is 17.2 Å². The molecular formula is C23H29NO4. The van der Waals surface area contributed by atoms with Crippen LogP contribution in [-0.4, -0.2) is 32.8 Å². The van der Waals surface area contributed by atoms with Gasteiger partial charge in [0.15, 0.2) is 6.61 Å². The number of hydrogen-bond acceptors (Lipinski definition) is 4. The third-order valence-electron chi connectivity index (χ3n) is 5.08. The SMILES string of the molecule is COc1ccc(OCCNC(=O)COc2ccc(C3CCCCC3)cc2)cc1. The molecule has 1 fully saturated rings. The minimum absolute atomic E-state index is 0.00527. The van der Waals surface area contributed by atoms with E-state index in [0.717, 1.165) is 17.2 Å². The van der Waals surface area contributed by atoms with Crippen LogP contribution < -0.4 is 19.5 Å². The van der Waals surface area contributed by atoms with Crippen LogP contribution in [-0.2, 0) is 4.79 Å². The first-order chi connectivity index (χ1) is 13.7. The predicted molar refractivity (Wildman–Crippen MR) is 109 cm³/mol. The van der Waals surface area contributed by atoms with Crippen LogP contribution in [0.3, 0.4) is 0 Å². The molecule has 0 aromatic heterocycles. The number of amides is 1. The number of methoxy groups -OCH3 is 1. The lowest BCUT2D eigenvalue weighted by Gasteiger charge is -2.22. The molecule has 0 heterocycles. The van der Waals surface area contributed by atoms with E-state index in [0.29, 0.717) is 19.1 Å². The molecule has 0 bridgehead atoms. The van der Waals surface area contributed by atoms with Crippen molar-refractivity contribution in [1.82, 2.24) is 5.32 Å². The summed E-state index contributed by atoms with van der Waals surface area (Å²) in [6.45, 7) is 0.828. The highest BCUT2D eigenvalue weighted by Crippen LogP contribution is 2.33. The van der Waals surface area contributed by atoms with E-state index in [9.17, 15) is 4.79 Å². The van der Waals surface area contributed by atoms with Crippen molar-refractivity contribution in [2.24, 2.45) is 0 Å². The Morgan fingerprint density at radius 3 is 2.18 bits per heavy atom. The number of ether oxygens (including phenoxy) is 3. The predicted octanol–water partition coefficient (Wildman–Crippen LogP) is 4.32. The first-order valence-corrected chi connectivity index (χ1v) is 10.0. The summed E-state index contributed by atoms with van der Waals surface area (Å²) in [6, 6.07) is 15.5. The average molecular weight is 383 g/mol. The number of carbonyl (C=O) groups is 1. The summed E-state index contributed by atoms with van der Waals surface area (Å²) in [4.78, 5) is 11.9. The van der Waals surface area contributed by atoms with Crippen molar-refractivity contribution in [3.63, 3.8) is 0 Å². The van der Waals surface area contributed by atoms with Crippen LogP contribution >= 0.6 is 0 Å². The standard InChI is InChI=1S/C23H29NO4/c1-26-20-11-13-21(14-12-20)27-16-15-24-23(25)17-28-22-9-7-19(8-10-22)18-5-3-2-4-6-18/h7-14,18H,2-6,15-17H2,1H3,(H,24,25). The summed E-state index contributed by atoms with van der Waals surface area (Å²) in [7, 11) is 1.62. The minimum atomic E-state index is -0.158. The van der Waals surface area contributed by atoms with E-state index in [1.165, 1.54) is 37.7 Å². The molecule has 0 radical (unpaired) electrons. The molecule has 150 valence electrons. The highest BCUT2D eigenvalue weighted by molar-refractivity contribution is 5.77. The lowest BCUT2D eigenvalue weighted by Crippen LogP contribution is -2.32. The molecule has 28 heavy (non-hydrogen) atoms. The molecule has 1 aliphatic rings. The number of nitrogens with one attached hydrogen (secondary N) is 1. The Bertz CT molecular complexity index is 721. The fourth-order valence-electron chi connectivity index (χ4n) is 3.50. The lowest BCUT2D eigenvalue weighted by atomic mass is 9.84. The molecule has 1 amide bonds. The smallest absolute Gasteiger partial charge is 0.258 e. The molecule has 0 unspecified atom stereocenters. The normalized spacial score (nSPS) is 14.3. The molecule has 2 aromatic rings. The molecule has 3 rings (SSSR count). The first kappa shape index (κ1) is 20.1. The highest BCUT2D eigenvalue weighted by atomic mass is 16.5. The Kier molecular flexibility index (Phi) is 7.59. The van der Waals surface area contributed by atoms with Crippen LogP contribution in [0.15, 0.2) is 48.5 Å². The van der Waals surface area contributed by atoms with Crippen molar-refractivity contribution in [2.45, 2.75) is 38.0 Å². The second-order valence-corrected chi connectivity index (χ2v) is 7.07. The number of rotatable bonds is 9. The third-order valence-corrected chi connectivity index (χ3v) is 5.08. The first-order valence-electron chi connectivity index (χ1n) is 10.0.